The Hall–Kier alpha value is 0.0525. The Balaban J connectivity index is 3.89. The zero-order valence-corrected chi connectivity index (χ0v) is 5.32. The fourth-order valence-corrected chi connectivity index (χ4v) is 0.281. The summed E-state index contributed by atoms with van der Waals surface area (Å²) >= 11 is -4.31. The van der Waals surface area contributed by atoms with Gasteiger partial charge in [0.15, 0.2) is 0 Å². The molecular weight excluding hydrogens is 140 g/mol. The number of rotatable bonds is 2. The maximum absolute atomic E-state index is 10.00. The van der Waals surface area contributed by atoms with E-state index in [0.29, 0.717) is 0 Å². The molecule has 0 aromatic carbocycles. The molecule has 0 spiro atoms. The van der Waals surface area contributed by atoms with Gasteiger partial charge in [-0.1, -0.05) is 0 Å². The van der Waals surface area contributed by atoms with Gasteiger partial charge in [-0.3, -0.25) is 0 Å². The molecule has 0 heterocycles. The molecule has 0 aliphatic rings. The van der Waals surface area contributed by atoms with Crippen molar-refractivity contribution in [2.45, 2.75) is 0 Å². The van der Waals surface area contributed by atoms with Gasteiger partial charge in [-0.05, 0) is 0 Å². The van der Waals surface area contributed by atoms with Crippen LogP contribution in [-0.2, 0) is 28.8 Å². The summed E-state index contributed by atoms with van der Waals surface area (Å²) in [5, 5.41) is 0. The Morgan fingerprint density at radius 2 is 1.43 bits per heavy atom. The Morgan fingerprint density at radius 1 is 1.14 bits per heavy atom. The Kier molecular flexibility index (Phi) is 2.40. The molecule has 0 bridgehead atoms. The van der Waals surface area contributed by atoms with Crippen LogP contribution in [0.15, 0.2) is 0 Å². The van der Waals surface area contributed by atoms with E-state index in [1.54, 1.807) is 0 Å². The standard InChI is InChI=1S/2CH3O.Cr.2O/c2*1-2;;;/h2*1H3;;;/q2*-1;+2;;. The van der Waals surface area contributed by atoms with Crippen molar-refractivity contribution in [2.75, 3.05) is 14.2 Å². The van der Waals surface area contributed by atoms with E-state index in [2.05, 4.69) is 7.58 Å². The van der Waals surface area contributed by atoms with Gasteiger partial charge in [0, 0.05) is 0 Å². The molecule has 44 valence electrons. The molecule has 7 heavy (non-hydrogen) atoms. The average Bonchev–Trinajstić information content (AvgIpc) is 1.68. The molecule has 5 heteroatoms. The minimum atomic E-state index is -4.31. The van der Waals surface area contributed by atoms with Crippen LogP contribution in [0.2, 0.25) is 0 Å². The monoisotopic (exact) mass is 146 g/mol. The summed E-state index contributed by atoms with van der Waals surface area (Å²) in [6.07, 6.45) is 0. The van der Waals surface area contributed by atoms with Gasteiger partial charge < -0.3 is 0 Å². The summed E-state index contributed by atoms with van der Waals surface area (Å²) in [5.74, 6) is 0. The number of hydrogen-bond donors (Lipinski definition) is 0. The molecule has 0 saturated carbocycles. The van der Waals surface area contributed by atoms with E-state index in [4.69, 9.17) is 0 Å². The second-order valence-electron chi connectivity index (χ2n) is 0.742. The van der Waals surface area contributed by atoms with Crippen LogP contribution in [0.25, 0.3) is 0 Å². The van der Waals surface area contributed by atoms with Crippen molar-refractivity contribution >= 4 is 0 Å². The van der Waals surface area contributed by atoms with Crippen LogP contribution in [0, 0.1) is 0 Å². The van der Waals surface area contributed by atoms with E-state index in [1.165, 1.54) is 0 Å². The second-order valence-corrected chi connectivity index (χ2v) is 3.06. The summed E-state index contributed by atoms with van der Waals surface area (Å²) in [4.78, 5) is 0. The topological polar surface area (TPSA) is 52.6 Å². The van der Waals surface area contributed by atoms with E-state index in [-0.39, 0.29) is 0 Å². The minimum absolute atomic E-state index is 1.06. The molecule has 0 amide bonds. The van der Waals surface area contributed by atoms with Crippen molar-refractivity contribution in [1.82, 2.24) is 0 Å². The van der Waals surface area contributed by atoms with Gasteiger partial charge in [0.2, 0.25) is 0 Å². The van der Waals surface area contributed by atoms with Crippen LogP contribution in [0.5, 0.6) is 0 Å². The van der Waals surface area contributed by atoms with Gasteiger partial charge in [0.05, 0.1) is 0 Å². The van der Waals surface area contributed by atoms with Gasteiger partial charge in [-0.2, -0.15) is 0 Å². The third-order valence-electron chi connectivity index (χ3n) is 0.408. The molecule has 0 aliphatic heterocycles. The Bertz CT molecular complexity index is 113. The quantitative estimate of drug-likeness (QED) is 0.548. The van der Waals surface area contributed by atoms with Crippen molar-refractivity contribution in [3.8, 4) is 0 Å². The SMILES string of the molecule is C[O][Cr](=[O])(=[O])[O]C. The first-order valence-corrected chi connectivity index (χ1v) is 3.57. The molecule has 0 aromatic heterocycles. The van der Waals surface area contributed by atoms with Gasteiger partial charge in [0.1, 0.15) is 0 Å². The van der Waals surface area contributed by atoms with Crippen molar-refractivity contribution in [3.63, 3.8) is 0 Å². The van der Waals surface area contributed by atoms with E-state index in [0.717, 1.165) is 14.2 Å². The fourth-order valence-electron chi connectivity index (χ4n) is 0.0680. The van der Waals surface area contributed by atoms with Crippen molar-refractivity contribution in [2.24, 2.45) is 0 Å². The third-order valence-corrected chi connectivity index (χ3v) is 1.68. The molecule has 0 atom stereocenters. The molecule has 0 fully saturated rings. The van der Waals surface area contributed by atoms with Gasteiger partial charge in [-0.15, -0.1) is 0 Å². The molecule has 4 nitrogen and oxygen atoms in total. The zero-order chi connectivity index (χ0) is 5.91. The van der Waals surface area contributed by atoms with Crippen molar-refractivity contribution in [3.05, 3.63) is 0 Å². The molecule has 0 unspecified atom stereocenters. The first-order valence-electron chi connectivity index (χ1n) is 1.48. The third kappa shape index (κ3) is 2.71. The van der Waals surface area contributed by atoms with Gasteiger partial charge in [-0.25, -0.2) is 0 Å². The van der Waals surface area contributed by atoms with E-state index >= 15 is 0 Å². The van der Waals surface area contributed by atoms with Crippen molar-refractivity contribution < 1.29 is 28.8 Å². The fraction of sp³-hybridized carbons (Fsp3) is 1.00. The zero-order valence-electron chi connectivity index (χ0n) is 4.04. The number of hydrogen-bond acceptors (Lipinski definition) is 4. The summed E-state index contributed by atoms with van der Waals surface area (Å²) < 4.78 is 27.8. The van der Waals surface area contributed by atoms with E-state index in [1.807, 2.05) is 0 Å². The first kappa shape index (κ1) is 7.05. The van der Waals surface area contributed by atoms with Crippen LogP contribution < -0.4 is 0 Å². The van der Waals surface area contributed by atoms with Gasteiger partial charge in [0.25, 0.3) is 0 Å². The molecule has 0 radical (unpaired) electrons. The maximum atomic E-state index is 10.00. The Labute approximate surface area is 43.8 Å². The second kappa shape index (κ2) is 2.38. The Morgan fingerprint density at radius 3 is 1.43 bits per heavy atom. The van der Waals surface area contributed by atoms with Crippen molar-refractivity contribution in [1.29, 1.82) is 0 Å². The summed E-state index contributed by atoms with van der Waals surface area (Å²) in [6.45, 7) is 0. The molecule has 0 saturated heterocycles. The molecule has 0 rings (SSSR count). The average molecular weight is 146 g/mol. The summed E-state index contributed by atoms with van der Waals surface area (Å²) in [7, 11) is 2.12. The van der Waals surface area contributed by atoms with E-state index < -0.39 is 13.6 Å². The summed E-state index contributed by atoms with van der Waals surface area (Å²) in [5.41, 5.74) is 0. The van der Waals surface area contributed by atoms with Crippen LogP contribution in [0.4, 0.5) is 0 Å². The normalized spacial score (nSPS) is 11.7. The van der Waals surface area contributed by atoms with Crippen LogP contribution >= 0.6 is 0 Å². The predicted octanol–water partition coefficient (Wildman–Crippen LogP) is -0.0459. The first-order chi connectivity index (χ1) is 3.12. The summed E-state index contributed by atoms with van der Waals surface area (Å²) in [6, 6.07) is 0. The van der Waals surface area contributed by atoms with Crippen LogP contribution in [0.3, 0.4) is 0 Å². The van der Waals surface area contributed by atoms with Crippen LogP contribution in [-0.4, -0.2) is 14.2 Å². The molecule has 0 N–H and O–H groups in total. The van der Waals surface area contributed by atoms with E-state index in [9.17, 15) is 7.61 Å². The molecular formula is C2H6CrO4. The van der Waals surface area contributed by atoms with Gasteiger partial charge >= 0.3 is 43.0 Å². The molecule has 0 aromatic rings. The van der Waals surface area contributed by atoms with Crippen LogP contribution in [0.1, 0.15) is 0 Å². The molecule has 0 aliphatic carbocycles. The predicted molar refractivity (Wildman–Crippen MR) is 15.4 cm³/mol.